The molecule has 0 spiro atoms. The van der Waals surface area contributed by atoms with E-state index in [9.17, 15) is 4.79 Å². The fourth-order valence-corrected chi connectivity index (χ4v) is 2.98. The molecule has 2 nitrogen and oxygen atoms in total. The van der Waals surface area contributed by atoms with Crippen LogP contribution in [-0.4, -0.2) is 16.5 Å². The molecule has 0 amide bonds. The predicted octanol–water partition coefficient (Wildman–Crippen LogP) is 4.52. The van der Waals surface area contributed by atoms with Crippen molar-refractivity contribution < 1.29 is 4.79 Å². The number of pyridine rings is 1. The third kappa shape index (κ3) is 3.14. The summed E-state index contributed by atoms with van der Waals surface area (Å²) in [5, 5.41) is 1.98. The molecule has 0 aliphatic rings. The molecule has 0 N–H and O–H groups in total. The number of fused-ring (bicyclic) bond motifs is 1. The first-order valence-electron chi connectivity index (χ1n) is 6.79. The lowest BCUT2D eigenvalue weighted by Crippen LogP contribution is -2.03. The van der Waals surface area contributed by atoms with Crippen LogP contribution < -0.4 is 0 Å². The number of aromatic nitrogens is 1. The molecule has 0 atom stereocenters. The van der Waals surface area contributed by atoms with E-state index in [1.165, 1.54) is 5.56 Å². The number of hydrogen-bond acceptors (Lipinski definition) is 3. The molecule has 0 fully saturated rings. The van der Waals surface area contributed by atoms with Gasteiger partial charge >= 0.3 is 0 Å². The standard InChI is InChI=1S/C18H15NOS/c1-13-6-8-15(9-7-13)21-12-18(20)17-11-19-10-14-4-2-3-5-16(14)17/h2-11H,12H2,1H3. The van der Waals surface area contributed by atoms with Gasteiger partial charge in [-0.3, -0.25) is 9.78 Å². The third-order valence-corrected chi connectivity index (χ3v) is 4.37. The van der Waals surface area contributed by atoms with Gasteiger partial charge in [0.2, 0.25) is 0 Å². The van der Waals surface area contributed by atoms with E-state index in [4.69, 9.17) is 0 Å². The van der Waals surface area contributed by atoms with E-state index in [0.717, 1.165) is 15.7 Å². The van der Waals surface area contributed by atoms with Crippen molar-refractivity contribution in [2.45, 2.75) is 11.8 Å². The Morgan fingerprint density at radius 1 is 1.05 bits per heavy atom. The molecule has 0 radical (unpaired) electrons. The normalized spacial score (nSPS) is 10.7. The van der Waals surface area contributed by atoms with Gasteiger partial charge in [0.05, 0.1) is 5.75 Å². The molecule has 0 unspecified atom stereocenters. The molecule has 0 aliphatic carbocycles. The second kappa shape index (κ2) is 6.10. The smallest absolute Gasteiger partial charge is 0.175 e. The monoisotopic (exact) mass is 293 g/mol. The Kier molecular flexibility index (Phi) is 4.02. The van der Waals surface area contributed by atoms with Gasteiger partial charge in [0.25, 0.3) is 0 Å². The highest BCUT2D eigenvalue weighted by molar-refractivity contribution is 8.00. The van der Waals surface area contributed by atoms with Crippen molar-refractivity contribution in [2.24, 2.45) is 0 Å². The van der Waals surface area contributed by atoms with Crippen molar-refractivity contribution in [2.75, 3.05) is 5.75 Å². The summed E-state index contributed by atoms with van der Waals surface area (Å²) in [5.74, 6) is 0.545. The molecule has 2 aromatic carbocycles. The van der Waals surface area contributed by atoms with Gasteiger partial charge in [-0.2, -0.15) is 0 Å². The van der Waals surface area contributed by atoms with Crippen LogP contribution in [0.1, 0.15) is 15.9 Å². The Morgan fingerprint density at radius 2 is 1.81 bits per heavy atom. The van der Waals surface area contributed by atoms with Crippen molar-refractivity contribution in [3.63, 3.8) is 0 Å². The molecule has 3 heteroatoms. The third-order valence-electron chi connectivity index (χ3n) is 3.36. The second-order valence-electron chi connectivity index (χ2n) is 4.93. The number of aryl methyl sites for hydroxylation is 1. The zero-order chi connectivity index (χ0) is 14.7. The summed E-state index contributed by atoms with van der Waals surface area (Å²) >= 11 is 1.56. The molecular weight excluding hydrogens is 278 g/mol. The topological polar surface area (TPSA) is 30.0 Å². The van der Waals surface area contributed by atoms with Gasteiger partial charge in [0.15, 0.2) is 5.78 Å². The number of Topliss-reactive ketones (excluding diaryl/α,β-unsaturated/α-hetero) is 1. The zero-order valence-electron chi connectivity index (χ0n) is 11.7. The first-order valence-corrected chi connectivity index (χ1v) is 7.78. The molecule has 21 heavy (non-hydrogen) atoms. The Balaban J connectivity index is 1.79. The van der Waals surface area contributed by atoms with Crippen LogP contribution in [0.15, 0.2) is 65.8 Å². The summed E-state index contributed by atoms with van der Waals surface area (Å²) in [6.07, 6.45) is 3.46. The Morgan fingerprint density at radius 3 is 2.62 bits per heavy atom. The number of carbonyl (C=O) groups is 1. The van der Waals surface area contributed by atoms with Gasteiger partial charge < -0.3 is 0 Å². The average molecular weight is 293 g/mol. The lowest BCUT2D eigenvalue weighted by molar-refractivity contribution is 0.102. The Bertz CT molecular complexity index is 775. The fourth-order valence-electron chi connectivity index (χ4n) is 2.20. The quantitative estimate of drug-likeness (QED) is 0.523. The fraction of sp³-hybridized carbons (Fsp3) is 0.111. The first kappa shape index (κ1) is 13.8. The number of rotatable bonds is 4. The maximum atomic E-state index is 12.4. The molecule has 3 rings (SSSR count). The van der Waals surface area contributed by atoms with E-state index < -0.39 is 0 Å². The Hall–Kier alpha value is -2.13. The van der Waals surface area contributed by atoms with Gasteiger partial charge in [-0.05, 0) is 24.4 Å². The summed E-state index contributed by atoms with van der Waals surface area (Å²) in [6, 6.07) is 16.1. The minimum Gasteiger partial charge on any atom is -0.293 e. The molecule has 0 bridgehead atoms. The van der Waals surface area contributed by atoms with Gasteiger partial charge in [-0.25, -0.2) is 0 Å². The zero-order valence-corrected chi connectivity index (χ0v) is 12.6. The van der Waals surface area contributed by atoms with Crippen LogP contribution in [0.3, 0.4) is 0 Å². The van der Waals surface area contributed by atoms with Crippen LogP contribution in [0, 0.1) is 6.92 Å². The number of hydrogen-bond donors (Lipinski definition) is 0. The van der Waals surface area contributed by atoms with Crippen LogP contribution in [0.25, 0.3) is 10.8 Å². The van der Waals surface area contributed by atoms with Crippen LogP contribution in [-0.2, 0) is 0 Å². The maximum Gasteiger partial charge on any atom is 0.175 e. The molecule has 1 aromatic heterocycles. The van der Waals surface area contributed by atoms with Crippen LogP contribution >= 0.6 is 11.8 Å². The largest absolute Gasteiger partial charge is 0.293 e. The molecule has 1 heterocycles. The highest BCUT2D eigenvalue weighted by atomic mass is 32.2. The highest BCUT2D eigenvalue weighted by Gasteiger charge is 2.10. The van der Waals surface area contributed by atoms with Crippen LogP contribution in [0.2, 0.25) is 0 Å². The molecule has 3 aromatic rings. The van der Waals surface area contributed by atoms with E-state index in [1.54, 1.807) is 24.2 Å². The van der Waals surface area contributed by atoms with Gasteiger partial charge in [0.1, 0.15) is 0 Å². The van der Waals surface area contributed by atoms with E-state index in [1.807, 2.05) is 24.3 Å². The van der Waals surface area contributed by atoms with Crippen molar-refractivity contribution in [3.8, 4) is 0 Å². The van der Waals surface area contributed by atoms with Crippen LogP contribution in [0.4, 0.5) is 0 Å². The summed E-state index contributed by atoms with van der Waals surface area (Å²) in [5.41, 5.74) is 1.93. The van der Waals surface area contributed by atoms with Gasteiger partial charge in [-0.1, -0.05) is 42.0 Å². The number of ketones is 1. The summed E-state index contributed by atoms with van der Waals surface area (Å²) in [4.78, 5) is 17.7. The minimum atomic E-state index is 0.116. The van der Waals surface area contributed by atoms with Gasteiger partial charge in [0, 0.05) is 28.2 Å². The molecular formula is C18H15NOS. The summed E-state index contributed by atoms with van der Waals surface area (Å²) < 4.78 is 0. The van der Waals surface area contributed by atoms with Crippen molar-refractivity contribution in [1.82, 2.24) is 4.98 Å². The lowest BCUT2D eigenvalue weighted by atomic mass is 10.1. The predicted molar refractivity (Wildman–Crippen MR) is 88.0 cm³/mol. The number of carbonyl (C=O) groups excluding carboxylic acids is 1. The maximum absolute atomic E-state index is 12.4. The molecule has 0 aliphatic heterocycles. The van der Waals surface area contributed by atoms with Crippen molar-refractivity contribution in [3.05, 3.63) is 72.1 Å². The number of benzene rings is 2. The van der Waals surface area contributed by atoms with Gasteiger partial charge in [-0.15, -0.1) is 11.8 Å². The summed E-state index contributed by atoms with van der Waals surface area (Å²) in [6.45, 7) is 2.06. The number of nitrogens with zero attached hydrogens (tertiary/aromatic N) is 1. The number of thioether (sulfide) groups is 1. The van der Waals surface area contributed by atoms with E-state index >= 15 is 0 Å². The molecule has 104 valence electrons. The second-order valence-corrected chi connectivity index (χ2v) is 5.98. The SMILES string of the molecule is Cc1ccc(SCC(=O)c2cncc3ccccc23)cc1. The van der Waals surface area contributed by atoms with Crippen molar-refractivity contribution in [1.29, 1.82) is 0 Å². The average Bonchev–Trinajstić information content (AvgIpc) is 2.53. The minimum absolute atomic E-state index is 0.116. The Labute approximate surface area is 128 Å². The summed E-state index contributed by atoms with van der Waals surface area (Å²) in [7, 11) is 0. The lowest BCUT2D eigenvalue weighted by Gasteiger charge is -2.05. The van der Waals surface area contributed by atoms with E-state index in [2.05, 4.69) is 36.2 Å². The van der Waals surface area contributed by atoms with Crippen LogP contribution in [0.5, 0.6) is 0 Å². The van der Waals surface area contributed by atoms with E-state index in [0.29, 0.717) is 11.3 Å². The first-order chi connectivity index (χ1) is 10.2. The molecule has 0 saturated heterocycles. The van der Waals surface area contributed by atoms with Crippen molar-refractivity contribution >= 4 is 28.3 Å². The highest BCUT2D eigenvalue weighted by Crippen LogP contribution is 2.22. The molecule has 0 saturated carbocycles. The van der Waals surface area contributed by atoms with E-state index in [-0.39, 0.29) is 5.78 Å².